The number of para-hydroxylation sites is 2. The monoisotopic (exact) mass is 894 g/mol. The van der Waals surface area contributed by atoms with E-state index in [2.05, 4.69) is 141 Å². The molecule has 0 amide bonds. The molecule has 346 valence electrons. The minimum atomic E-state index is -0.448. The number of esters is 2. The van der Waals surface area contributed by atoms with Gasteiger partial charge in [0.2, 0.25) is 5.69 Å². The Labute approximate surface area is 390 Å². The van der Waals surface area contributed by atoms with Crippen molar-refractivity contribution in [3.63, 3.8) is 0 Å². The van der Waals surface area contributed by atoms with Crippen molar-refractivity contribution in [3.8, 4) is 11.5 Å². The van der Waals surface area contributed by atoms with Crippen molar-refractivity contribution in [2.75, 3.05) is 76.8 Å². The predicted molar refractivity (Wildman–Crippen MR) is 261 cm³/mol. The first-order valence-corrected chi connectivity index (χ1v) is 22.9. The van der Waals surface area contributed by atoms with Gasteiger partial charge in [0, 0.05) is 66.6 Å². The van der Waals surface area contributed by atoms with Crippen LogP contribution in [-0.2, 0) is 39.4 Å². The Morgan fingerprint density at radius 3 is 1.82 bits per heavy atom. The van der Waals surface area contributed by atoms with Crippen LogP contribution in [0.15, 0.2) is 144 Å². The second-order valence-electron chi connectivity index (χ2n) is 17.5. The molecule has 0 spiro atoms. The van der Waals surface area contributed by atoms with Gasteiger partial charge in [-0.25, -0.2) is 9.59 Å². The smallest absolute Gasteiger partial charge is 0.337 e. The van der Waals surface area contributed by atoms with Crippen LogP contribution in [0.2, 0.25) is 0 Å². The summed E-state index contributed by atoms with van der Waals surface area (Å²) in [5, 5.41) is 0. The number of nitrogens with zero attached hydrogens (tertiary/aromatic N) is 3. The predicted octanol–water partition coefficient (Wildman–Crippen LogP) is 10.3. The van der Waals surface area contributed by atoms with Gasteiger partial charge in [0.1, 0.15) is 31.3 Å². The number of anilines is 3. The molecule has 0 unspecified atom stereocenters. The molecule has 3 aliphatic rings. The number of hydrogen-bond donors (Lipinski definition) is 0. The van der Waals surface area contributed by atoms with Gasteiger partial charge < -0.3 is 38.2 Å². The third kappa shape index (κ3) is 10.3. The SMILES string of the molecule is CCN1C(=CC=C2CCC(C=CC3=[N+](CC)c4ccc(OC(=O)COCCOC)cc4C3(C)C)=C2N(c2ccccc2)c2ccccc2)C(C)(C)c2cc(OC(=O)COCCOC)ccc21. The molecule has 11 nitrogen and oxygen atoms in total. The molecule has 0 N–H and O–H groups in total. The summed E-state index contributed by atoms with van der Waals surface area (Å²) in [6, 6.07) is 32.9. The van der Waals surface area contributed by atoms with Crippen LogP contribution in [0.5, 0.6) is 11.5 Å². The van der Waals surface area contributed by atoms with E-state index in [9.17, 15) is 9.59 Å². The average Bonchev–Trinajstić information content (AvgIpc) is 3.88. The molecule has 4 aromatic carbocycles. The van der Waals surface area contributed by atoms with E-state index in [0.29, 0.717) is 37.9 Å². The molecule has 2 heterocycles. The second kappa shape index (κ2) is 21.5. The highest BCUT2D eigenvalue weighted by Crippen LogP contribution is 2.50. The van der Waals surface area contributed by atoms with Gasteiger partial charge in [-0.1, -0.05) is 62.4 Å². The van der Waals surface area contributed by atoms with Crippen molar-refractivity contribution in [2.45, 2.75) is 65.2 Å². The van der Waals surface area contributed by atoms with Gasteiger partial charge >= 0.3 is 11.9 Å². The summed E-state index contributed by atoms with van der Waals surface area (Å²) in [6.07, 6.45) is 10.9. The topological polar surface area (TPSA) is 99.0 Å². The summed E-state index contributed by atoms with van der Waals surface area (Å²) in [5.74, 6) is 0.0914. The zero-order valence-corrected chi connectivity index (χ0v) is 39.7. The molecule has 2 aliphatic heterocycles. The molecule has 7 rings (SSSR count). The molecule has 0 saturated carbocycles. The van der Waals surface area contributed by atoms with Gasteiger partial charge in [-0.05, 0) is 118 Å². The maximum atomic E-state index is 12.7. The van der Waals surface area contributed by atoms with E-state index in [0.717, 1.165) is 76.9 Å². The van der Waals surface area contributed by atoms with Gasteiger partial charge in [-0.15, -0.1) is 0 Å². The molecule has 11 heteroatoms. The number of carbonyl (C=O) groups is 2. The lowest BCUT2D eigenvalue weighted by Crippen LogP contribution is -2.27. The number of carbonyl (C=O) groups excluding carboxylic acids is 2. The fourth-order valence-electron chi connectivity index (χ4n) is 9.28. The normalized spacial score (nSPS) is 17.3. The van der Waals surface area contributed by atoms with E-state index in [4.69, 9.17) is 28.4 Å². The lowest BCUT2D eigenvalue weighted by atomic mass is 9.81. The minimum Gasteiger partial charge on any atom is -0.425 e. The standard InChI is InChI=1S/C55H64N3O8/c1-9-56-47-27-25-43(65-51(59)37-63-33-31-61-7)35-45(47)54(3,4)49(56)29-23-39-21-22-40(53(39)58(41-17-13-11-14-18-41)42-19-15-12-16-20-42)24-30-50-55(5,6)46-36-44(26-28-48(46)57(50)10-2)66-52(60)38-64-34-32-62-8/h11-20,23-30,35-36H,9-10,21-22,31-34,37-38H2,1-8H3/q+1. The largest absolute Gasteiger partial charge is 0.425 e. The van der Waals surface area contributed by atoms with Gasteiger partial charge in [-0.2, -0.15) is 4.58 Å². The first-order chi connectivity index (χ1) is 31.9. The number of hydrogen-bond acceptors (Lipinski definition) is 10. The zero-order valence-electron chi connectivity index (χ0n) is 39.7. The zero-order chi connectivity index (χ0) is 46.8. The molecule has 66 heavy (non-hydrogen) atoms. The third-order valence-corrected chi connectivity index (χ3v) is 12.5. The number of rotatable bonds is 20. The Kier molecular flexibility index (Phi) is 15.6. The molecule has 1 aliphatic carbocycles. The maximum Gasteiger partial charge on any atom is 0.337 e. The van der Waals surface area contributed by atoms with E-state index in [-0.39, 0.29) is 24.0 Å². The first kappa shape index (κ1) is 47.8. The average molecular weight is 895 g/mol. The highest BCUT2D eigenvalue weighted by Gasteiger charge is 2.45. The summed E-state index contributed by atoms with van der Waals surface area (Å²) in [4.78, 5) is 30.1. The van der Waals surface area contributed by atoms with Gasteiger partial charge in [0.15, 0.2) is 5.71 Å². The number of ether oxygens (including phenoxy) is 6. The van der Waals surface area contributed by atoms with Crippen LogP contribution >= 0.6 is 0 Å². The highest BCUT2D eigenvalue weighted by atomic mass is 16.6. The fourth-order valence-corrected chi connectivity index (χ4v) is 9.28. The van der Waals surface area contributed by atoms with Crippen molar-refractivity contribution in [3.05, 3.63) is 155 Å². The van der Waals surface area contributed by atoms with Crippen molar-refractivity contribution >= 4 is 40.4 Å². The third-order valence-electron chi connectivity index (χ3n) is 12.5. The van der Waals surface area contributed by atoms with Crippen molar-refractivity contribution in [1.82, 2.24) is 0 Å². The number of likely N-dealkylation sites (N-methyl/N-ethyl adjacent to an activating group) is 1. The van der Waals surface area contributed by atoms with E-state index in [1.165, 1.54) is 11.1 Å². The Morgan fingerprint density at radius 2 is 1.26 bits per heavy atom. The summed E-state index contributed by atoms with van der Waals surface area (Å²) in [6.45, 7) is 16.0. The molecular weight excluding hydrogens is 831 g/mol. The fraction of sp³-hybridized carbons (Fsp3) is 0.364. The van der Waals surface area contributed by atoms with E-state index in [1.54, 1.807) is 14.2 Å². The van der Waals surface area contributed by atoms with Gasteiger partial charge in [0.25, 0.3) is 0 Å². The number of benzene rings is 4. The molecule has 4 aromatic rings. The number of methoxy groups -OCH3 is 2. The van der Waals surface area contributed by atoms with Crippen LogP contribution in [0.25, 0.3) is 0 Å². The van der Waals surface area contributed by atoms with Crippen molar-refractivity contribution < 1.29 is 42.6 Å². The van der Waals surface area contributed by atoms with E-state index < -0.39 is 11.9 Å². The molecule has 0 atom stereocenters. The first-order valence-electron chi connectivity index (χ1n) is 22.9. The van der Waals surface area contributed by atoms with Crippen LogP contribution in [0, 0.1) is 0 Å². The lowest BCUT2D eigenvalue weighted by molar-refractivity contribution is -0.433. The molecule has 0 bridgehead atoms. The summed E-state index contributed by atoms with van der Waals surface area (Å²) in [5.41, 5.74) is 11.7. The maximum absolute atomic E-state index is 12.7. The van der Waals surface area contributed by atoms with E-state index in [1.807, 2.05) is 36.4 Å². The summed E-state index contributed by atoms with van der Waals surface area (Å²) >= 11 is 0. The molecule has 0 radical (unpaired) electrons. The van der Waals surface area contributed by atoms with Gasteiger partial charge in [0.05, 0.1) is 37.5 Å². The van der Waals surface area contributed by atoms with Crippen LogP contribution in [0.1, 0.15) is 65.5 Å². The lowest BCUT2D eigenvalue weighted by Gasteiger charge is -2.29. The second-order valence-corrected chi connectivity index (χ2v) is 17.5. The molecule has 0 aromatic heterocycles. The molecule has 0 fully saturated rings. The van der Waals surface area contributed by atoms with E-state index >= 15 is 0 Å². The Bertz CT molecular complexity index is 2500. The molecular formula is C55H64N3O8+. The van der Waals surface area contributed by atoms with Crippen molar-refractivity contribution in [1.29, 1.82) is 0 Å². The number of fused-ring (bicyclic) bond motifs is 2. The van der Waals surface area contributed by atoms with Crippen LogP contribution < -0.4 is 19.3 Å². The van der Waals surface area contributed by atoms with Crippen molar-refractivity contribution in [2.24, 2.45) is 0 Å². The van der Waals surface area contributed by atoms with Crippen LogP contribution in [-0.4, -0.2) is 89.2 Å². The Morgan fingerprint density at radius 1 is 0.682 bits per heavy atom. The van der Waals surface area contributed by atoms with Crippen LogP contribution in [0.4, 0.5) is 22.7 Å². The van der Waals surface area contributed by atoms with Gasteiger partial charge in [-0.3, -0.25) is 0 Å². The Balaban J connectivity index is 1.26. The van der Waals surface area contributed by atoms with Crippen LogP contribution in [0.3, 0.4) is 0 Å². The summed E-state index contributed by atoms with van der Waals surface area (Å²) in [7, 11) is 3.19. The highest BCUT2D eigenvalue weighted by molar-refractivity contribution is 6.03. The molecule has 0 saturated heterocycles. The number of allylic oxidation sites excluding steroid dienone is 7. The Hall–Kier alpha value is -6.11. The summed E-state index contributed by atoms with van der Waals surface area (Å²) < 4.78 is 34.7. The quantitative estimate of drug-likeness (QED) is 0.0369. The minimum absolute atomic E-state index is 0.145.